The molecule has 9 nitrogen and oxygen atoms in total. The molecule has 4 amide bonds. The summed E-state index contributed by atoms with van der Waals surface area (Å²) in [5, 5.41) is 6.15. The molecule has 148 valence electrons. The number of nitrogens with one attached hydrogen (secondary N) is 2. The van der Waals surface area contributed by atoms with Crippen LogP contribution in [0.15, 0.2) is 18.2 Å². The third kappa shape index (κ3) is 2.40. The molecule has 0 aromatic heterocycles. The molecule has 2 saturated heterocycles. The third-order valence-corrected chi connectivity index (χ3v) is 6.05. The minimum atomic E-state index is -1.49. The van der Waals surface area contributed by atoms with Crippen molar-refractivity contribution in [3.63, 3.8) is 0 Å². The van der Waals surface area contributed by atoms with Crippen molar-refractivity contribution in [2.45, 2.75) is 18.0 Å². The normalized spacial score (nSPS) is 30.7. The van der Waals surface area contributed by atoms with Gasteiger partial charge < -0.3 is 15.8 Å². The maximum absolute atomic E-state index is 13.2. The first-order valence-corrected chi connectivity index (χ1v) is 9.21. The van der Waals surface area contributed by atoms with Gasteiger partial charge in [-0.05, 0) is 6.07 Å². The van der Waals surface area contributed by atoms with E-state index in [0.29, 0.717) is 16.3 Å². The van der Waals surface area contributed by atoms with Gasteiger partial charge in [-0.3, -0.25) is 29.4 Å². The van der Waals surface area contributed by atoms with Gasteiger partial charge in [-0.15, -0.1) is 0 Å². The van der Waals surface area contributed by atoms with Crippen LogP contribution < -0.4 is 16.4 Å². The van der Waals surface area contributed by atoms with Crippen LogP contribution in [-0.4, -0.2) is 54.8 Å². The number of likely N-dealkylation sites (tertiary alicyclic amines) is 1. The predicted octanol–water partition coefficient (Wildman–Crippen LogP) is -0.418. The molecule has 1 spiro atoms. The van der Waals surface area contributed by atoms with Gasteiger partial charge in [0.1, 0.15) is 5.54 Å². The van der Waals surface area contributed by atoms with E-state index in [4.69, 9.17) is 22.1 Å². The Labute approximate surface area is 165 Å². The van der Waals surface area contributed by atoms with Crippen molar-refractivity contribution in [1.82, 2.24) is 10.2 Å². The molecule has 4 N–H and O–H groups in total. The van der Waals surface area contributed by atoms with Gasteiger partial charge in [0.05, 0.1) is 35.7 Å². The highest BCUT2D eigenvalue weighted by Gasteiger charge is 2.70. The second-order valence-corrected chi connectivity index (χ2v) is 7.58. The predicted molar refractivity (Wildman–Crippen MR) is 98.1 cm³/mol. The summed E-state index contributed by atoms with van der Waals surface area (Å²) in [7, 11) is 1.47. The number of imide groups is 1. The Balaban J connectivity index is 1.85. The molecule has 2 fully saturated rings. The van der Waals surface area contributed by atoms with Crippen LogP contribution >= 0.6 is 11.6 Å². The lowest BCUT2D eigenvalue weighted by Gasteiger charge is -2.29. The number of nitrogens with zero attached hydrogens (tertiary/aromatic N) is 1. The fraction of sp³-hybridized carbons (Fsp3) is 0.444. The van der Waals surface area contributed by atoms with Crippen molar-refractivity contribution < 1.29 is 23.9 Å². The topological polar surface area (TPSA) is 131 Å². The lowest BCUT2D eigenvalue weighted by molar-refractivity contribution is -0.143. The van der Waals surface area contributed by atoms with Gasteiger partial charge in [-0.1, -0.05) is 23.7 Å². The van der Waals surface area contributed by atoms with Gasteiger partial charge in [-0.2, -0.15) is 0 Å². The highest BCUT2D eigenvalue weighted by atomic mass is 35.5. The molecular formula is C18H19ClN4O5. The van der Waals surface area contributed by atoms with E-state index in [0.717, 1.165) is 4.90 Å². The molecule has 4 atom stereocenters. The van der Waals surface area contributed by atoms with Gasteiger partial charge >= 0.3 is 0 Å². The fourth-order valence-electron chi connectivity index (χ4n) is 4.65. The monoisotopic (exact) mass is 406 g/mol. The van der Waals surface area contributed by atoms with Crippen LogP contribution in [0.1, 0.15) is 12.0 Å². The van der Waals surface area contributed by atoms with Crippen LogP contribution in [0.5, 0.6) is 0 Å². The summed E-state index contributed by atoms with van der Waals surface area (Å²) in [6, 6.07) is 4.23. The molecule has 4 rings (SSSR count). The van der Waals surface area contributed by atoms with Crippen LogP contribution in [0.3, 0.4) is 0 Å². The zero-order valence-electron chi connectivity index (χ0n) is 15.0. The van der Waals surface area contributed by atoms with E-state index in [9.17, 15) is 19.2 Å². The molecule has 28 heavy (non-hydrogen) atoms. The smallest absolute Gasteiger partial charge is 0.250 e. The van der Waals surface area contributed by atoms with Crippen molar-refractivity contribution in [2.75, 3.05) is 25.6 Å². The average molecular weight is 407 g/mol. The van der Waals surface area contributed by atoms with Crippen LogP contribution in [0.4, 0.5) is 5.69 Å². The largest absolute Gasteiger partial charge is 0.383 e. The number of amides is 4. The van der Waals surface area contributed by atoms with E-state index >= 15 is 0 Å². The number of carbonyl (C=O) groups is 4. The number of hydrogen-bond acceptors (Lipinski definition) is 6. The summed E-state index contributed by atoms with van der Waals surface area (Å²) >= 11 is 6.23. The summed E-state index contributed by atoms with van der Waals surface area (Å²) in [6.45, 7) is 0.247. The number of benzene rings is 1. The number of anilines is 1. The van der Waals surface area contributed by atoms with Crippen molar-refractivity contribution in [3.8, 4) is 0 Å². The number of rotatable bonds is 5. The van der Waals surface area contributed by atoms with Gasteiger partial charge in [0.15, 0.2) is 0 Å². The summed E-state index contributed by atoms with van der Waals surface area (Å²) in [5.74, 6) is -3.91. The van der Waals surface area contributed by atoms with Gasteiger partial charge in [0.25, 0.3) is 0 Å². The van der Waals surface area contributed by atoms with Crippen LogP contribution in [0.25, 0.3) is 0 Å². The molecule has 0 aliphatic carbocycles. The number of nitrogens with two attached hydrogens (primary N) is 1. The Kier molecular flexibility index (Phi) is 4.40. The molecule has 0 radical (unpaired) electrons. The fourth-order valence-corrected chi connectivity index (χ4v) is 4.87. The van der Waals surface area contributed by atoms with Crippen molar-refractivity contribution in [2.24, 2.45) is 17.6 Å². The lowest BCUT2D eigenvalue weighted by Crippen LogP contribution is -2.53. The van der Waals surface area contributed by atoms with E-state index < -0.39 is 47.0 Å². The molecular weight excluding hydrogens is 388 g/mol. The summed E-state index contributed by atoms with van der Waals surface area (Å²) in [6.07, 6.45) is -0.177. The highest BCUT2D eigenvalue weighted by molar-refractivity contribution is 6.35. The van der Waals surface area contributed by atoms with Crippen LogP contribution in [0.2, 0.25) is 5.02 Å². The van der Waals surface area contributed by atoms with Gasteiger partial charge in [-0.25, -0.2) is 0 Å². The van der Waals surface area contributed by atoms with Gasteiger partial charge in [0, 0.05) is 25.1 Å². The number of ether oxygens (including phenoxy) is 1. The first-order valence-electron chi connectivity index (χ1n) is 8.83. The minimum Gasteiger partial charge on any atom is -0.383 e. The van der Waals surface area contributed by atoms with Crippen LogP contribution in [0, 0.1) is 11.8 Å². The standard InChI is InChI=1S/C18H19ClN4O5/c1-28-6-5-23-15(25)12-10(7-11(20)24)22-18(13(12)16(23)26)8-3-2-4-9(19)14(8)21-17(18)27/h2-4,10,12-13,22H,5-7H2,1H3,(H2,20,24)(H,21,27)/t10-,12-,13+,18+/m1/s1. The zero-order chi connectivity index (χ0) is 20.2. The number of halogens is 1. The number of hydrogen-bond donors (Lipinski definition) is 3. The van der Waals surface area contributed by atoms with Crippen LogP contribution in [-0.2, 0) is 29.5 Å². The molecule has 3 aliphatic rings. The summed E-state index contributed by atoms with van der Waals surface area (Å²) in [4.78, 5) is 52.0. The summed E-state index contributed by atoms with van der Waals surface area (Å²) < 4.78 is 4.99. The molecule has 10 heteroatoms. The maximum Gasteiger partial charge on any atom is 0.250 e. The summed E-state index contributed by atoms with van der Waals surface area (Å²) in [5.41, 5.74) is 4.76. The number of carbonyl (C=O) groups excluding carboxylic acids is 4. The van der Waals surface area contributed by atoms with E-state index in [1.807, 2.05) is 0 Å². The first kappa shape index (κ1) is 18.9. The Bertz CT molecular complexity index is 906. The van der Waals surface area contributed by atoms with E-state index in [1.54, 1.807) is 18.2 Å². The lowest BCUT2D eigenvalue weighted by atomic mass is 9.76. The van der Waals surface area contributed by atoms with Crippen molar-refractivity contribution in [1.29, 1.82) is 0 Å². The number of fused-ring (bicyclic) bond motifs is 4. The Morgan fingerprint density at radius 3 is 2.75 bits per heavy atom. The van der Waals surface area contributed by atoms with E-state index in [2.05, 4.69) is 10.6 Å². The second-order valence-electron chi connectivity index (χ2n) is 7.17. The van der Waals surface area contributed by atoms with E-state index in [1.165, 1.54) is 7.11 Å². The average Bonchev–Trinajstić information content (AvgIpc) is 3.20. The third-order valence-electron chi connectivity index (χ3n) is 5.73. The Morgan fingerprint density at radius 1 is 1.32 bits per heavy atom. The highest BCUT2D eigenvalue weighted by Crippen LogP contribution is 2.54. The second kappa shape index (κ2) is 6.54. The van der Waals surface area contributed by atoms with E-state index in [-0.39, 0.29) is 19.6 Å². The van der Waals surface area contributed by atoms with Gasteiger partial charge in [0.2, 0.25) is 23.6 Å². The minimum absolute atomic E-state index is 0.0740. The molecule has 0 unspecified atom stereocenters. The van der Waals surface area contributed by atoms with Crippen molar-refractivity contribution >= 4 is 40.9 Å². The number of methoxy groups -OCH3 is 1. The Morgan fingerprint density at radius 2 is 2.07 bits per heavy atom. The zero-order valence-corrected chi connectivity index (χ0v) is 15.8. The molecule has 3 aliphatic heterocycles. The number of para-hydroxylation sites is 1. The molecule has 0 saturated carbocycles. The quantitative estimate of drug-likeness (QED) is 0.569. The first-order chi connectivity index (χ1) is 13.3. The molecule has 3 heterocycles. The maximum atomic E-state index is 13.2. The van der Waals surface area contributed by atoms with Crippen molar-refractivity contribution in [3.05, 3.63) is 28.8 Å². The molecule has 0 bridgehead atoms. The SMILES string of the molecule is COCCN1C(=O)[C@H]2[C@@H](C1=O)[C@]1(N[C@@H]2CC(N)=O)C(=O)Nc2c(Cl)cccc21. The Hall–Kier alpha value is -2.49. The number of primary amides is 1. The molecule has 1 aromatic carbocycles. The molecule has 1 aromatic rings.